The number of nitriles is 1. The first kappa shape index (κ1) is 19.3. The van der Waals surface area contributed by atoms with Gasteiger partial charge in [-0.25, -0.2) is 4.98 Å². The average molecular weight is 376 g/mol. The molecule has 0 atom stereocenters. The highest BCUT2D eigenvalue weighted by Gasteiger charge is 2.12. The van der Waals surface area contributed by atoms with E-state index in [0.29, 0.717) is 29.0 Å². The van der Waals surface area contributed by atoms with E-state index in [4.69, 9.17) is 10.00 Å². The molecule has 25 heavy (non-hydrogen) atoms. The van der Waals surface area contributed by atoms with Crippen LogP contribution in [0.2, 0.25) is 0 Å². The normalized spacial score (nSPS) is 10.5. The largest absolute Gasteiger partial charge is 0.494 e. The Morgan fingerprint density at radius 2 is 2.12 bits per heavy atom. The van der Waals surface area contributed by atoms with Crippen molar-refractivity contribution in [3.05, 3.63) is 35.5 Å². The zero-order chi connectivity index (χ0) is 18.2. The minimum Gasteiger partial charge on any atom is -0.494 e. The molecule has 0 fully saturated rings. The van der Waals surface area contributed by atoms with Crippen LogP contribution >= 0.6 is 23.1 Å². The first-order chi connectivity index (χ1) is 12.0. The maximum atomic E-state index is 12.3. The third kappa shape index (κ3) is 6.07. The standard InChI is InChI=1S/C18H21N3O2S2/c1-12(2)8-10-23-15-6-4-14(5-7-15)16(22)21-18-20-13(3)17(25-18)24-11-9-19/h4-7,12H,8,10-11H2,1-3H3,(H,20,21,22). The number of aromatic nitrogens is 1. The van der Waals surface area contributed by atoms with Crippen molar-refractivity contribution in [2.75, 3.05) is 17.7 Å². The van der Waals surface area contributed by atoms with Gasteiger partial charge in [0.2, 0.25) is 0 Å². The number of nitrogens with one attached hydrogen (secondary N) is 1. The molecule has 1 amide bonds. The number of nitrogens with zero attached hydrogens (tertiary/aromatic N) is 2. The number of amides is 1. The number of rotatable bonds is 8. The molecule has 0 spiro atoms. The summed E-state index contributed by atoms with van der Waals surface area (Å²) in [5, 5.41) is 12.0. The van der Waals surface area contributed by atoms with E-state index in [1.165, 1.54) is 23.1 Å². The van der Waals surface area contributed by atoms with Crippen molar-refractivity contribution in [3.63, 3.8) is 0 Å². The van der Waals surface area contributed by atoms with Crippen molar-refractivity contribution in [3.8, 4) is 11.8 Å². The molecule has 0 radical (unpaired) electrons. The molecule has 1 N–H and O–H groups in total. The van der Waals surface area contributed by atoms with Gasteiger partial charge in [0.25, 0.3) is 5.91 Å². The minimum atomic E-state index is -0.209. The van der Waals surface area contributed by atoms with Crippen molar-refractivity contribution >= 4 is 34.1 Å². The molecule has 132 valence electrons. The number of carbonyl (C=O) groups excluding carboxylic acids is 1. The van der Waals surface area contributed by atoms with E-state index in [0.717, 1.165) is 22.1 Å². The molecule has 1 heterocycles. The molecule has 2 rings (SSSR count). The lowest BCUT2D eigenvalue weighted by Gasteiger charge is -2.08. The molecular formula is C18H21N3O2S2. The van der Waals surface area contributed by atoms with Crippen LogP contribution in [-0.4, -0.2) is 23.3 Å². The number of hydrogen-bond donors (Lipinski definition) is 1. The molecule has 0 saturated carbocycles. The number of thioether (sulfide) groups is 1. The van der Waals surface area contributed by atoms with Crippen molar-refractivity contribution < 1.29 is 9.53 Å². The molecule has 0 aliphatic carbocycles. The van der Waals surface area contributed by atoms with Crippen molar-refractivity contribution in [2.24, 2.45) is 5.92 Å². The van der Waals surface area contributed by atoms with Gasteiger partial charge in [0.05, 0.1) is 28.3 Å². The van der Waals surface area contributed by atoms with Crippen molar-refractivity contribution in [1.82, 2.24) is 4.98 Å². The fraction of sp³-hybridized carbons (Fsp3) is 0.389. The van der Waals surface area contributed by atoms with E-state index in [9.17, 15) is 4.79 Å². The SMILES string of the molecule is Cc1nc(NC(=O)c2ccc(OCCC(C)C)cc2)sc1SCC#N. The fourth-order valence-electron chi connectivity index (χ4n) is 1.95. The third-order valence-corrected chi connectivity index (χ3v) is 5.62. The Morgan fingerprint density at radius 3 is 2.76 bits per heavy atom. The van der Waals surface area contributed by atoms with Gasteiger partial charge in [-0.3, -0.25) is 10.1 Å². The van der Waals surface area contributed by atoms with Crippen LogP contribution in [0.25, 0.3) is 0 Å². The number of benzene rings is 1. The molecule has 0 bridgehead atoms. The first-order valence-corrected chi connectivity index (χ1v) is 9.81. The Balaban J connectivity index is 1.93. The van der Waals surface area contributed by atoms with Crippen LogP contribution in [0.3, 0.4) is 0 Å². The van der Waals surface area contributed by atoms with Gasteiger partial charge in [0, 0.05) is 5.56 Å². The summed E-state index contributed by atoms with van der Waals surface area (Å²) in [6, 6.07) is 9.18. The minimum absolute atomic E-state index is 0.209. The van der Waals surface area contributed by atoms with E-state index in [1.807, 2.05) is 6.92 Å². The summed E-state index contributed by atoms with van der Waals surface area (Å²) in [7, 11) is 0. The second-order valence-corrected chi connectivity index (χ2v) is 8.09. The van der Waals surface area contributed by atoms with Gasteiger partial charge in [-0.1, -0.05) is 36.9 Å². The topological polar surface area (TPSA) is 75.0 Å². The number of carbonyl (C=O) groups is 1. The van der Waals surface area contributed by atoms with Gasteiger partial charge >= 0.3 is 0 Å². The van der Waals surface area contributed by atoms with E-state index >= 15 is 0 Å². The summed E-state index contributed by atoms with van der Waals surface area (Å²) < 4.78 is 6.61. The molecule has 5 nitrogen and oxygen atoms in total. The molecule has 1 aromatic heterocycles. The van der Waals surface area contributed by atoms with Crippen molar-refractivity contribution in [2.45, 2.75) is 31.4 Å². The molecule has 7 heteroatoms. The van der Waals surface area contributed by atoms with Gasteiger partial charge in [0.1, 0.15) is 5.75 Å². The summed E-state index contributed by atoms with van der Waals surface area (Å²) in [6.07, 6.45) is 0.998. The van der Waals surface area contributed by atoms with Crippen LogP contribution < -0.4 is 10.1 Å². The van der Waals surface area contributed by atoms with Gasteiger partial charge < -0.3 is 4.74 Å². The van der Waals surface area contributed by atoms with Crippen LogP contribution in [-0.2, 0) is 0 Å². The van der Waals surface area contributed by atoms with Gasteiger partial charge in [-0.05, 0) is 43.5 Å². The van der Waals surface area contributed by atoms with E-state index in [2.05, 4.69) is 30.2 Å². The van der Waals surface area contributed by atoms with E-state index < -0.39 is 0 Å². The van der Waals surface area contributed by atoms with Crippen LogP contribution in [0.4, 0.5) is 5.13 Å². The number of thiazole rings is 1. The predicted octanol–water partition coefficient (Wildman–Crippen LogP) is 4.74. The summed E-state index contributed by atoms with van der Waals surface area (Å²) >= 11 is 2.81. The quantitative estimate of drug-likeness (QED) is 0.674. The number of anilines is 1. The smallest absolute Gasteiger partial charge is 0.257 e. The van der Waals surface area contributed by atoms with E-state index in [1.54, 1.807) is 24.3 Å². The number of hydrogen-bond acceptors (Lipinski definition) is 6. The Labute approximate surface area is 156 Å². The van der Waals surface area contributed by atoms with Crippen LogP contribution in [0.1, 0.15) is 36.3 Å². The Morgan fingerprint density at radius 1 is 1.40 bits per heavy atom. The molecule has 0 aliphatic heterocycles. The second kappa shape index (κ2) is 9.44. The molecule has 1 aromatic carbocycles. The summed E-state index contributed by atoms with van der Waals surface area (Å²) in [4.78, 5) is 16.7. The maximum absolute atomic E-state index is 12.3. The summed E-state index contributed by atoms with van der Waals surface area (Å²) in [6.45, 7) is 6.85. The Kier molecular flexibility index (Phi) is 7.29. The Hall–Kier alpha value is -2.04. The lowest BCUT2D eigenvalue weighted by atomic mass is 10.1. The van der Waals surface area contributed by atoms with Crippen LogP contribution in [0.5, 0.6) is 5.75 Å². The number of ether oxygens (including phenoxy) is 1. The highest BCUT2D eigenvalue weighted by atomic mass is 32.2. The summed E-state index contributed by atoms with van der Waals surface area (Å²) in [5.74, 6) is 1.52. The van der Waals surface area contributed by atoms with Crippen LogP contribution in [0.15, 0.2) is 28.5 Å². The van der Waals surface area contributed by atoms with E-state index in [-0.39, 0.29) is 5.91 Å². The van der Waals surface area contributed by atoms with Gasteiger partial charge in [0.15, 0.2) is 5.13 Å². The number of aryl methyl sites for hydroxylation is 1. The predicted molar refractivity (Wildman–Crippen MR) is 103 cm³/mol. The van der Waals surface area contributed by atoms with Gasteiger partial charge in [-0.2, -0.15) is 5.26 Å². The zero-order valence-electron chi connectivity index (χ0n) is 14.5. The second-order valence-electron chi connectivity index (χ2n) is 5.85. The third-order valence-electron chi connectivity index (χ3n) is 3.32. The molecule has 2 aromatic rings. The zero-order valence-corrected chi connectivity index (χ0v) is 16.2. The molecular weight excluding hydrogens is 354 g/mol. The monoisotopic (exact) mass is 375 g/mol. The fourth-order valence-corrected chi connectivity index (χ4v) is 3.75. The highest BCUT2D eigenvalue weighted by Crippen LogP contribution is 2.32. The maximum Gasteiger partial charge on any atom is 0.257 e. The van der Waals surface area contributed by atoms with Gasteiger partial charge in [-0.15, -0.1) is 0 Å². The average Bonchev–Trinajstić information content (AvgIpc) is 2.92. The van der Waals surface area contributed by atoms with Crippen LogP contribution in [0, 0.1) is 24.2 Å². The first-order valence-electron chi connectivity index (χ1n) is 8.01. The lowest BCUT2D eigenvalue weighted by molar-refractivity contribution is 0.102. The highest BCUT2D eigenvalue weighted by molar-refractivity contribution is 8.01. The van der Waals surface area contributed by atoms with Crippen molar-refractivity contribution in [1.29, 1.82) is 5.26 Å². The Bertz CT molecular complexity index is 749. The molecule has 0 aliphatic rings. The lowest BCUT2D eigenvalue weighted by Crippen LogP contribution is -2.11. The molecule has 0 saturated heterocycles. The molecule has 0 unspecified atom stereocenters. The summed E-state index contributed by atoms with van der Waals surface area (Å²) in [5.41, 5.74) is 1.38.